The van der Waals surface area contributed by atoms with E-state index in [0.29, 0.717) is 6.54 Å². The average molecular weight is 441 g/mol. The molecule has 0 radical (unpaired) electrons. The molecule has 1 unspecified atom stereocenters. The van der Waals surface area contributed by atoms with Crippen molar-refractivity contribution in [1.82, 2.24) is 14.9 Å². The second kappa shape index (κ2) is 11.0. The first-order valence-corrected chi connectivity index (χ1v) is 11.2. The number of rotatable bonds is 9. The van der Waals surface area contributed by atoms with Gasteiger partial charge in [0.05, 0.1) is 5.69 Å². The molecular weight excluding hydrogens is 412 g/mol. The Labute approximate surface area is 187 Å². The summed E-state index contributed by atoms with van der Waals surface area (Å²) in [6.45, 7) is 2.45. The Morgan fingerprint density at radius 2 is 1.81 bits per heavy atom. The molecule has 2 amide bonds. The van der Waals surface area contributed by atoms with Crippen LogP contribution in [0.5, 0.6) is 0 Å². The first-order valence-electron chi connectivity index (χ1n) is 10.4. The van der Waals surface area contributed by atoms with Crippen LogP contribution in [0, 0.1) is 0 Å². The molecule has 7 nitrogen and oxygen atoms in total. The molecule has 3 rings (SSSR count). The topological polar surface area (TPSA) is 90.5 Å². The Kier molecular flexibility index (Phi) is 8.08. The van der Waals surface area contributed by atoms with Crippen molar-refractivity contribution in [3.8, 4) is 0 Å². The Morgan fingerprint density at radius 3 is 2.55 bits per heavy atom. The summed E-state index contributed by atoms with van der Waals surface area (Å²) in [5, 5.41) is 8.66. The summed E-state index contributed by atoms with van der Waals surface area (Å²) >= 11 is 1.45. The Balaban J connectivity index is 1.73. The maximum atomic E-state index is 13.1. The lowest BCUT2D eigenvalue weighted by Gasteiger charge is -2.34. The van der Waals surface area contributed by atoms with Gasteiger partial charge in [-0.2, -0.15) is 0 Å². The molecular formula is C23H28N4O3S. The van der Waals surface area contributed by atoms with Crippen LogP contribution in [-0.2, 0) is 20.8 Å². The average Bonchev–Trinajstić information content (AvgIpc) is 2.78. The number of hydrogen-bond acceptors (Lipinski definition) is 6. The highest BCUT2D eigenvalue weighted by Gasteiger charge is 2.33. The molecule has 0 saturated carbocycles. The molecule has 31 heavy (non-hydrogen) atoms. The third-order valence-electron chi connectivity index (χ3n) is 4.99. The van der Waals surface area contributed by atoms with E-state index in [1.165, 1.54) is 11.9 Å². The number of likely N-dealkylation sites (N-methyl/N-ethyl adjacent to an activating group) is 1. The van der Waals surface area contributed by atoms with E-state index in [-0.39, 0.29) is 12.3 Å². The lowest BCUT2D eigenvalue weighted by atomic mass is 10.0. The van der Waals surface area contributed by atoms with Crippen LogP contribution in [0.3, 0.4) is 0 Å². The molecule has 8 heteroatoms. The number of amides is 2. The van der Waals surface area contributed by atoms with Crippen molar-refractivity contribution in [2.45, 2.75) is 43.3 Å². The fourth-order valence-corrected chi connectivity index (χ4v) is 4.20. The highest BCUT2D eigenvalue weighted by molar-refractivity contribution is 7.97. The lowest BCUT2D eigenvalue weighted by molar-refractivity contribution is -0.140. The highest BCUT2D eigenvalue weighted by Crippen LogP contribution is 2.35. The van der Waals surface area contributed by atoms with Crippen LogP contribution in [0.1, 0.15) is 25.3 Å². The summed E-state index contributed by atoms with van der Waals surface area (Å²) in [6.07, 6.45) is 1.28. The molecule has 2 aromatic rings. The number of carbonyl (C=O) groups is 3. The van der Waals surface area contributed by atoms with E-state index in [1.54, 1.807) is 4.31 Å². The number of hydrogen-bond donors (Lipinski definition) is 3. The van der Waals surface area contributed by atoms with Gasteiger partial charge in [-0.1, -0.05) is 55.8 Å². The van der Waals surface area contributed by atoms with Gasteiger partial charge in [0.15, 0.2) is 6.17 Å². The summed E-state index contributed by atoms with van der Waals surface area (Å²) in [5.74, 6) is -1.67. The molecule has 1 aliphatic heterocycles. The predicted molar refractivity (Wildman–Crippen MR) is 122 cm³/mol. The zero-order valence-corrected chi connectivity index (χ0v) is 18.6. The van der Waals surface area contributed by atoms with E-state index in [9.17, 15) is 14.4 Å². The molecule has 0 spiro atoms. The minimum Gasteiger partial charge on any atom is -0.360 e. The normalized spacial score (nSPS) is 16.5. The van der Waals surface area contributed by atoms with E-state index in [2.05, 4.69) is 16.0 Å². The van der Waals surface area contributed by atoms with E-state index in [4.69, 9.17) is 0 Å². The summed E-state index contributed by atoms with van der Waals surface area (Å²) in [5.41, 5.74) is 1.72. The summed E-state index contributed by atoms with van der Waals surface area (Å²) < 4.78 is 1.79. The molecule has 1 aliphatic rings. The Morgan fingerprint density at radius 1 is 1.10 bits per heavy atom. The van der Waals surface area contributed by atoms with E-state index < -0.39 is 23.9 Å². The predicted octanol–water partition coefficient (Wildman–Crippen LogP) is 2.59. The number of ketones is 1. The zero-order chi connectivity index (χ0) is 22.2. The van der Waals surface area contributed by atoms with Crippen molar-refractivity contribution in [2.75, 3.05) is 18.9 Å². The van der Waals surface area contributed by atoms with Crippen LogP contribution in [0.15, 0.2) is 59.5 Å². The molecule has 3 N–H and O–H groups in total. The second-order valence-electron chi connectivity index (χ2n) is 7.41. The third kappa shape index (κ3) is 6.08. The van der Waals surface area contributed by atoms with Crippen molar-refractivity contribution in [3.05, 3.63) is 60.2 Å². The Hall–Kier alpha value is -2.84. The van der Waals surface area contributed by atoms with E-state index >= 15 is 0 Å². The molecule has 0 fully saturated rings. The maximum absolute atomic E-state index is 13.1. The summed E-state index contributed by atoms with van der Waals surface area (Å²) in [7, 11) is 1.81. The summed E-state index contributed by atoms with van der Waals surface area (Å²) in [6, 6.07) is 16.1. The molecule has 1 heterocycles. The van der Waals surface area contributed by atoms with Crippen molar-refractivity contribution in [2.24, 2.45) is 0 Å². The molecule has 0 aromatic heterocycles. The third-order valence-corrected chi connectivity index (χ3v) is 6.04. The second-order valence-corrected chi connectivity index (χ2v) is 8.60. The van der Waals surface area contributed by atoms with Crippen LogP contribution < -0.4 is 16.0 Å². The number of nitrogens with one attached hydrogen (secondary N) is 3. The smallest absolute Gasteiger partial charge is 0.289 e. The van der Waals surface area contributed by atoms with Gasteiger partial charge in [0.2, 0.25) is 5.78 Å². The van der Waals surface area contributed by atoms with Crippen molar-refractivity contribution >= 4 is 35.2 Å². The largest absolute Gasteiger partial charge is 0.360 e. The van der Waals surface area contributed by atoms with Gasteiger partial charge in [-0.05, 0) is 36.1 Å². The first kappa shape index (κ1) is 22.8. The zero-order valence-electron chi connectivity index (χ0n) is 17.8. The molecule has 164 valence electrons. The van der Waals surface area contributed by atoms with E-state index in [1.807, 2.05) is 68.6 Å². The molecule has 0 aliphatic carbocycles. The highest BCUT2D eigenvalue weighted by atomic mass is 32.2. The van der Waals surface area contributed by atoms with E-state index in [0.717, 1.165) is 29.0 Å². The minimum absolute atomic E-state index is 0.243. The van der Waals surface area contributed by atoms with Gasteiger partial charge in [-0.3, -0.25) is 14.4 Å². The summed E-state index contributed by atoms with van der Waals surface area (Å²) in [4.78, 5) is 39.4. The number of unbranched alkanes of at least 4 members (excludes halogenated alkanes) is 1. The minimum atomic E-state index is -0.950. The van der Waals surface area contributed by atoms with Crippen LogP contribution >= 0.6 is 11.9 Å². The van der Waals surface area contributed by atoms with Crippen LogP contribution in [0.25, 0.3) is 0 Å². The molecule has 0 bridgehead atoms. The number of nitrogens with zero attached hydrogens (tertiary/aromatic N) is 1. The maximum Gasteiger partial charge on any atom is 0.289 e. The van der Waals surface area contributed by atoms with Gasteiger partial charge >= 0.3 is 0 Å². The van der Waals surface area contributed by atoms with Crippen molar-refractivity contribution < 1.29 is 14.4 Å². The first-order chi connectivity index (χ1) is 15.0. The number of anilines is 1. The Bertz CT molecular complexity index is 922. The quantitative estimate of drug-likeness (QED) is 0.315. The van der Waals surface area contributed by atoms with Crippen LogP contribution in [0.4, 0.5) is 5.69 Å². The number of carbonyl (C=O) groups excluding carboxylic acids is 3. The number of para-hydroxylation sites is 1. The van der Waals surface area contributed by atoms with Gasteiger partial charge in [-0.25, -0.2) is 4.31 Å². The van der Waals surface area contributed by atoms with Gasteiger partial charge < -0.3 is 16.0 Å². The van der Waals surface area contributed by atoms with Gasteiger partial charge in [0.25, 0.3) is 11.8 Å². The van der Waals surface area contributed by atoms with Crippen LogP contribution in [-0.4, -0.2) is 47.7 Å². The van der Waals surface area contributed by atoms with Crippen molar-refractivity contribution in [3.63, 3.8) is 0 Å². The molecule has 2 atom stereocenters. The number of fused-ring (bicyclic) bond motifs is 1. The SMILES string of the molecule is CCCCNC(=O)C(=O)[C@H](Cc1ccccc1)NC(=O)C1Nc2ccccc2SN1C. The van der Waals surface area contributed by atoms with Gasteiger partial charge in [0, 0.05) is 24.9 Å². The number of benzene rings is 2. The fourth-order valence-electron chi connectivity index (χ4n) is 3.28. The van der Waals surface area contributed by atoms with Crippen molar-refractivity contribution in [1.29, 1.82) is 0 Å². The molecule has 0 saturated heterocycles. The number of Topliss-reactive ketones (excluding diaryl/α,β-unsaturated/α-hetero) is 1. The lowest BCUT2D eigenvalue weighted by Crippen LogP contribution is -2.55. The molecule has 2 aromatic carbocycles. The standard InChI is InChI=1S/C23H28N4O3S/c1-3-4-14-24-22(29)20(28)18(15-16-10-6-5-7-11-16)26-23(30)21-25-17-12-8-9-13-19(17)31-27(21)2/h5-13,18,21,25H,3-4,14-15H2,1-2H3,(H,24,29)(H,26,30)/t18-,21?/m0/s1. The van der Waals surface area contributed by atoms with Crippen LogP contribution in [0.2, 0.25) is 0 Å². The monoisotopic (exact) mass is 440 g/mol. The van der Waals surface area contributed by atoms with Gasteiger partial charge in [0.1, 0.15) is 6.04 Å². The fraction of sp³-hybridized carbons (Fsp3) is 0.348. The van der Waals surface area contributed by atoms with Gasteiger partial charge in [-0.15, -0.1) is 0 Å².